The number of hydrogen-bond donors (Lipinski definition) is 1. The Balaban J connectivity index is 2.59. The molecule has 1 aromatic carbocycles. The second kappa shape index (κ2) is 4.87. The fourth-order valence-corrected chi connectivity index (χ4v) is 1.99. The molecule has 0 saturated heterocycles. The number of aliphatic carboxylic acids is 1. The molecule has 19 heavy (non-hydrogen) atoms. The Morgan fingerprint density at radius 2 is 1.95 bits per heavy atom. The summed E-state index contributed by atoms with van der Waals surface area (Å²) in [6, 6.07) is 7.64. The second-order valence-corrected chi connectivity index (χ2v) is 4.11. The van der Waals surface area contributed by atoms with E-state index >= 15 is 0 Å². The van der Waals surface area contributed by atoms with Crippen molar-refractivity contribution in [2.75, 3.05) is 0 Å². The third kappa shape index (κ3) is 2.83. The van der Waals surface area contributed by atoms with E-state index < -0.39 is 24.5 Å². The number of carbonyl (C=O) groups is 1. The summed E-state index contributed by atoms with van der Waals surface area (Å²) in [5.74, 6) is -3.54. The van der Waals surface area contributed by atoms with E-state index in [-0.39, 0.29) is 11.1 Å². The molecule has 0 aliphatic carbocycles. The van der Waals surface area contributed by atoms with Gasteiger partial charge in [-0.1, -0.05) is 24.3 Å². The van der Waals surface area contributed by atoms with Crippen LogP contribution < -0.4 is 0 Å². The van der Waals surface area contributed by atoms with Gasteiger partial charge < -0.3 is 5.11 Å². The average Bonchev–Trinajstić information content (AvgIpc) is 2.34. The standard InChI is InChI=1S/C13H10F3NO2/c14-13(15,16)10(7-11(18)19)9-5-1-3-8-4-2-6-17-12(8)9/h1-6,10H,7H2,(H,18,19). The zero-order valence-electron chi connectivity index (χ0n) is 9.69. The first-order valence-corrected chi connectivity index (χ1v) is 5.51. The Morgan fingerprint density at radius 3 is 2.58 bits per heavy atom. The number of para-hydroxylation sites is 1. The van der Waals surface area contributed by atoms with Gasteiger partial charge >= 0.3 is 12.1 Å². The van der Waals surface area contributed by atoms with Gasteiger partial charge in [0.15, 0.2) is 0 Å². The summed E-state index contributed by atoms with van der Waals surface area (Å²) < 4.78 is 39.0. The lowest BCUT2D eigenvalue weighted by Gasteiger charge is -2.20. The molecular formula is C13H10F3NO2. The second-order valence-electron chi connectivity index (χ2n) is 4.11. The van der Waals surface area contributed by atoms with Crippen LogP contribution in [0.4, 0.5) is 13.2 Å². The first-order chi connectivity index (χ1) is 8.89. The van der Waals surface area contributed by atoms with E-state index in [1.165, 1.54) is 18.3 Å². The van der Waals surface area contributed by atoms with Gasteiger partial charge in [0.25, 0.3) is 0 Å². The molecule has 1 aromatic heterocycles. The van der Waals surface area contributed by atoms with Crippen molar-refractivity contribution < 1.29 is 23.1 Å². The molecule has 0 amide bonds. The quantitative estimate of drug-likeness (QED) is 0.929. The van der Waals surface area contributed by atoms with E-state index in [1.54, 1.807) is 18.2 Å². The van der Waals surface area contributed by atoms with Crippen LogP contribution in [0.5, 0.6) is 0 Å². The van der Waals surface area contributed by atoms with Gasteiger partial charge in [-0.15, -0.1) is 0 Å². The zero-order valence-corrected chi connectivity index (χ0v) is 9.69. The molecule has 1 N–H and O–H groups in total. The Hall–Kier alpha value is -2.11. The highest BCUT2D eigenvalue weighted by atomic mass is 19.4. The number of carboxylic acid groups (broad SMARTS) is 1. The minimum atomic E-state index is -4.62. The van der Waals surface area contributed by atoms with Crippen LogP contribution in [0.1, 0.15) is 17.9 Å². The maximum absolute atomic E-state index is 13.0. The molecule has 0 fully saturated rings. The van der Waals surface area contributed by atoms with Gasteiger partial charge in [-0.05, 0) is 11.6 Å². The fourth-order valence-electron chi connectivity index (χ4n) is 1.99. The van der Waals surface area contributed by atoms with E-state index in [1.807, 2.05) is 0 Å². The molecule has 0 bridgehead atoms. The largest absolute Gasteiger partial charge is 0.481 e. The van der Waals surface area contributed by atoms with Crippen molar-refractivity contribution in [1.82, 2.24) is 4.98 Å². The summed E-state index contributed by atoms with van der Waals surface area (Å²) in [7, 11) is 0. The number of aromatic nitrogens is 1. The predicted molar refractivity (Wildman–Crippen MR) is 62.8 cm³/mol. The van der Waals surface area contributed by atoms with Crippen LogP contribution in [-0.4, -0.2) is 22.2 Å². The highest BCUT2D eigenvalue weighted by Crippen LogP contribution is 2.39. The molecule has 1 atom stereocenters. The molecule has 0 aliphatic rings. The van der Waals surface area contributed by atoms with Gasteiger partial charge in [-0.25, -0.2) is 0 Å². The fraction of sp³-hybridized carbons (Fsp3) is 0.231. The summed E-state index contributed by atoms with van der Waals surface area (Å²) in [5.41, 5.74) is 0.0848. The first-order valence-electron chi connectivity index (χ1n) is 5.51. The maximum atomic E-state index is 13.0. The smallest absolute Gasteiger partial charge is 0.396 e. The number of rotatable bonds is 3. The summed E-state index contributed by atoms with van der Waals surface area (Å²) in [4.78, 5) is 14.6. The molecule has 2 rings (SSSR count). The third-order valence-electron chi connectivity index (χ3n) is 2.81. The normalized spacial score (nSPS) is 13.4. The molecule has 1 heterocycles. The lowest BCUT2D eigenvalue weighted by Crippen LogP contribution is -2.24. The van der Waals surface area contributed by atoms with Gasteiger partial charge in [-0.3, -0.25) is 9.78 Å². The van der Waals surface area contributed by atoms with Crippen molar-refractivity contribution in [3.63, 3.8) is 0 Å². The minimum Gasteiger partial charge on any atom is -0.481 e. The van der Waals surface area contributed by atoms with Crippen LogP contribution in [0, 0.1) is 0 Å². The van der Waals surface area contributed by atoms with Gasteiger partial charge in [0.1, 0.15) is 0 Å². The summed E-state index contributed by atoms with van der Waals surface area (Å²) >= 11 is 0. The molecule has 0 spiro atoms. The highest BCUT2D eigenvalue weighted by Gasteiger charge is 2.42. The van der Waals surface area contributed by atoms with E-state index in [2.05, 4.69) is 4.98 Å². The van der Waals surface area contributed by atoms with E-state index in [0.29, 0.717) is 5.39 Å². The number of benzene rings is 1. The number of halogens is 3. The van der Waals surface area contributed by atoms with Crippen molar-refractivity contribution in [1.29, 1.82) is 0 Å². The summed E-state index contributed by atoms with van der Waals surface area (Å²) in [6.45, 7) is 0. The molecule has 6 heteroatoms. The Bertz CT molecular complexity index is 605. The van der Waals surface area contributed by atoms with Gasteiger partial charge in [-0.2, -0.15) is 13.2 Å². The molecule has 100 valence electrons. The molecule has 0 aliphatic heterocycles. The van der Waals surface area contributed by atoms with E-state index in [0.717, 1.165) is 0 Å². The van der Waals surface area contributed by atoms with E-state index in [4.69, 9.17) is 5.11 Å². The SMILES string of the molecule is O=C(O)CC(c1cccc2cccnc12)C(F)(F)F. The maximum Gasteiger partial charge on any atom is 0.396 e. The zero-order chi connectivity index (χ0) is 14.0. The molecule has 2 aromatic rings. The monoisotopic (exact) mass is 269 g/mol. The minimum absolute atomic E-state index is 0.104. The number of carboxylic acids is 1. The number of hydrogen-bond acceptors (Lipinski definition) is 2. The van der Waals surface area contributed by atoms with Gasteiger partial charge in [0, 0.05) is 11.6 Å². The lowest BCUT2D eigenvalue weighted by atomic mass is 9.93. The van der Waals surface area contributed by atoms with Gasteiger partial charge in [0.2, 0.25) is 0 Å². The number of fused-ring (bicyclic) bond motifs is 1. The average molecular weight is 269 g/mol. The van der Waals surface area contributed by atoms with Crippen molar-refractivity contribution in [3.8, 4) is 0 Å². The molecule has 0 radical (unpaired) electrons. The Morgan fingerprint density at radius 1 is 1.26 bits per heavy atom. The van der Waals surface area contributed by atoms with Crippen LogP contribution in [0.3, 0.4) is 0 Å². The predicted octanol–water partition coefficient (Wildman–Crippen LogP) is 3.36. The lowest BCUT2D eigenvalue weighted by molar-refractivity contribution is -0.163. The summed E-state index contributed by atoms with van der Waals surface area (Å²) in [6.07, 6.45) is -4.23. The Labute approximate surface area is 106 Å². The van der Waals surface area contributed by atoms with Crippen LogP contribution in [0.15, 0.2) is 36.5 Å². The van der Waals surface area contributed by atoms with Crippen LogP contribution in [0.25, 0.3) is 10.9 Å². The van der Waals surface area contributed by atoms with Crippen LogP contribution in [-0.2, 0) is 4.79 Å². The molecule has 3 nitrogen and oxygen atoms in total. The molecule has 0 saturated carbocycles. The number of pyridine rings is 1. The topological polar surface area (TPSA) is 50.2 Å². The molecule has 1 unspecified atom stereocenters. The number of nitrogens with zero attached hydrogens (tertiary/aromatic N) is 1. The van der Waals surface area contributed by atoms with Crippen molar-refractivity contribution in [2.45, 2.75) is 18.5 Å². The van der Waals surface area contributed by atoms with Crippen LogP contribution >= 0.6 is 0 Å². The first kappa shape index (κ1) is 13.3. The summed E-state index contributed by atoms with van der Waals surface area (Å²) in [5, 5.41) is 9.22. The highest BCUT2D eigenvalue weighted by molar-refractivity contribution is 5.83. The van der Waals surface area contributed by atoms with Crippen molar-refractivity contribution >= 4 is 16.9 Å². The van der Waals surface area contributed by atoms with Crippen LogP contribution in [0.2, 0.25) is 0 Å². The van der Waals surface area contributed by atoms with Gasteiger partial charge in [0.05, 0.1) is 17.9 Å². The van der Waals surface area contributed by atoms with Crippen molar-refractivity contribution in [2.24, 2.45) is 0 Å². The third-order valence-corrected chi connectivity index (χ3v) is 2.81. The Kier molecular flexibility index (Phi) is 3.42. The number of alkyl halides is 3. The van der Waals surface area contributed by atoms with E-state index in [9.17, 15) is 18.0 Å². The van der Waals surface area contributed by atoms with Crippen molar-refractivity contribution in [3.05, 3.63) is 42.1 Å². The molecular weight excluding hydrogens is 259 g/mol.